The number of nitrogens with zero attached hydrogens (tertiary/aromatic N) is 1. The van der Waals surface area contributed by atoms with Gasteiger partial charge in [-0.2, -0.15) is 0 Å². The molecule has 0 aromatic heterocycles. The summed E-state index contributed by atoms with van der Waals surface area (Å²) in [5.41, 5.74) is 10.4. The van der Waals surface area contributed by atoms with Gasteiger partial charge in [0.25, 0.3) is 0 Å². The largest absolute Gasteiger partial charge is 0.374 e. The van der Waals surface area contributed by atoms with Crippen LogP contribution in [-0.4, -0.2) is 20.1 Å². The SMILES string of the molecule is CN1CCc2cc(CC(C)(C)CCN)ccc21. The maximum Gasteiger partial charge on any atom is 0.0397 e. The normalized spacial score (nSPS) is 15.2. The molecule has 0 saturated heterocycles. The maximum absolute atomic E-state index is 5.67. The van der Waals surface area contributed by atoms with Gasteiger partial charge in [0.1, 0.15) is 0 Å². The lowest BCUT2D eigenvalue weighted by atomic mass is 9.82. The number of nitrogens with two attached hydrogens (primary N) is 1. The zero-order valence-electron chi connectivity index (χ0n) is 11.3. The summed E-state index contributed by atoms with van der Waals surface area (Å²) in [4.78, 5) is 2.34. The van der Waals surface area contributed by atoms with Crippen molar-refractivity contribution < 1.29 is 0 Å². The van der Waals surface area contributed by atoms with E-state index in [-0.39, 0.29) is 0 Å². The number of hydrogen-bond donors (Lipinski definition) is 1. The Kier molecular flexibility index (Phi) is 3.43. The van der Waals surface area contributed by atoms with Crippen molar-refractivity contribution in [2.75, 3.05) is 25.0 Å². The first kappa shape index (κ1) is 12.4. The standard InChI is InChI=1S/C15H24N2/c1-15(2,7-8-16)11-12-4-5-14-13(10-12)6-9-17(14)3/h4-5,10H,6-9,11,16H2,1-3H3. The minimum atomic E-state index is 0.313. The third-order valence-corrected chi connectivity index (χ3v) is 3.78. The molecule has 0 fully saturated rings. The second-order valence-corrected chi connectivity index (χ2v) is 6.01. The molecule has 0 atom stereocenters. The van der Waals surface area contributed by atoms with Gasteiger partial charge in [-0.25, -0.2) is 0 Å². The molecule has 0 radical (unpaired) electrons. The van der Waals surface area contributed by atoms with Gasteiger partial charge in [0.15, 0.2) is 0 Å². The highest BCUT2D eigenvalue weighted by Crippen LogP contribution is 2.31. The van der Waals surface area contributed by atoms with E-state index < -0.39 is 0 Å². The van der Waals surface area contributed by atoms with Crippen LogP contribution in [0, 0.1) is 5.41 Å². The predicted molar refractivity (Wildman–Crippen MR) is 74.6 cm³/mol. The summed E-state index contributed by atoms with van der Waals surface area (Å²) in [5, 5.41) is 0. The van der Waals surface area contributed by atoms with Gasteiger partial charge >= 0.3 is 0 Å². The highest BCUT2D eigenvalue weighted by Gasteiger charge is 2.20. The van der Waals surface area contributed by atoms with Gasteiger partial charge in [-0.05, 0) is 48.4 Å². The van der Waals surface area contributed by atoms with Crippen molar-refractivity contribution in [3.63, 3.8) is 0 Å². The maximum atomic E-state index is 5.67. The predicted octanol–water partition coefficient (Wildman–Crippen LogP) is 2.60. The molecule has 2 N–H and O–H groups in total. The van der Waals surface area contributed by atoms with Crippen molar-refractivity contribution in [3.05, 3.63) is 29.3 Å². The average molecular weight is 232 g/mol. The minimum Gasteiger partial charge on any atom is -0.374 e. The van der Waals surface area contributed by atoms with E-state index in [1.54, 1.807) is 0 Å². The molecule has 1 aliphatic rings. The van der Waals surface area contributed by atoms with Crippen LogP contribution >= 0.6 is 0 Å². The molecule has 0 bridgehead atoms. The van der Waals surface area contributed by atoms with E-state index in [1.807, 2.05) is 0 Å². The van der Waals surface area contributed by atoms with Crippen molar-refractivity contribution in [2.24, 2.45) is 11.1 Å². The summed E-state index contributed by atoms with van der Waals surface area (Å²) in [6.45, 7) is 6.55. The average Bonchev–Trinajstić information content (AvgIpc) is 2.59. The second-order valence-electron chi connectivity index (χ2n) is 6.01. The molecule has 17 heavy (non-hydrogen) atoms. The van der Waals surface area contributed by atoms with Crippen molar-refractivity contribution in [3.8, 4) is 0 Å². The Morgan fingerprint density at radius 1 is 1.35 bits per heavy atom. The lowest BCUT2D eigenvalue weighted by Crippen LogP contribution is -2.19. The van der Waals surface area contributed by atoms with Crippen LogP contribution in [0.5, 0.6) is 0 Å². The fourth-order valence-corrected chi connectivity index (χ4v) is 2.76. The van der Waals surface area contributed by atoms with E-state index in [9.17, 15) is 0 Å². The van der Waals surface area contributed by atoms with E-state index in [1.165, 1.54) is 23.2 Å². The molecular formula is C15H24N2. The number of hydrogen-bond acceptors (Lipinski definition) is 2. The summed E-state index contributed by atoms with van der Waals surface area (Å²) >= 11 is 0. The van der Waals surface area contributed by atoms with E-state index in [2.05, 4.69) is 44.0 Å². The summed E-state index contributed by atoms with van der Waals surface area (Å²) < 4.78 is 0. The molecule has 1 heterocycles. The van der Waals surface area contributed by atoms with E-state index >= 15 is 0 Å². The number of fused-ring (bicyclic) bond motifs is 1. The fourth-order valence-electron chi connectivity index (χ4n) is 2.76. The Bertz CT molecular complexity index is 396. The Labute approximate surface area is 105 Å². The molecule has 94 valence electrons. The van der Waals surface area contributed by atoms with Crippen LogP contribution in [0.4, 0.5) is 5.69 Å². The zero-order valence-corrected chi connectivity index (χ0v) is 11.3. The molecule has 1 aliphatic heterocycles. The molecule has 2 heteroatoms. The van der Waals surface area contributed by atoms with Gasteiger partial charge in [0.05, 0.1) is 0 Å². The Morgan fingerprint density at radius 3 is 2.82 bits per heavy atom. The summed E-state index contributed by atoms with van der Waals surface area (Å²) in [6, 6.07) is 6.94. The molecule has 1 aromatic rings. The third-order valence-electron chi connectivity index (χ3n) is 3.78. The van der Waals surface area contributed by atoms with E-state index in [4.69, 9.17) is 5.73 Å². The van der Waals surface area contributed by atoms with Gasteiger partial charge < -0.3 is 10.6 Å². The first-order valence-electron chi connectivity index (χ1n) is 6.55. The van der Waals surface area contributed by atoms with Gasteiger partial charge in [-0.15, -0.1) is 0 Å². The van der Waals surface area contributed by atoms with Crippen molar-refractivity contribution in [1.82, 2.24) is 0 Å². The van der Waals surface area contributed by atoms with Crippen LogP contribution in [0.2, 0.25) is 0 Å². The molecule has 2 rings (SSSR count). The van der Waals surface area contributed by atoms with Gasteiger partial charge in [-0.1, -0.05) is 26.0 Å². The molecule has 0 spiro atoms. The Balaban J connectivity index is 2.13. The third kappa shape index (κ3) is 2.81. The van der Waals surface area contributed by atoms with Crippen LogP contribution in [0.1, 0.15) is 31.4 Å². The Hall–Kier alpha value is -1.02. The minimum absolute atomic E-state index is 0.313. The first-order chi connectivity index (χ1) is 8.02. The number of rotatable bonds is 4. The summed E-state index contributed by atoms with van der Waals surface area (Å²) in [7, 11) is 2.17. The zero-order chi connectivity index (χ0) is 12.5. The van der Waals surface area contributed by atoms with E-state index in [0.717, 1.165) is 25.9 Å². The van der Waals surface area contributed by atoms with Crippen LogP contribution in [0.3, 0.4) is 0 Å². The second kappa shape index (κ2) is 4.69. The van der Waals surface area contributed by atoms with Gasteiger partial charge in [0, 0.05) is 19.3 Å². The van der Waals surface area contributed by atoms with Crippen LogP contribution in [-0.2, 0) is 12.8 Å². The first-order valence-corrected chi connectivity index (χ1v) is 6.55. The smallest absolute Gasteiger partial charge is 0.0397 e. The topological polar surface area (TPSA) is 29.3 Å². The monoisotopic (exact) mass is 232 g/mol. The van der Waals surface area contributed by atoms with Gasteiger partial charge in [0.2, 0.25) is 0 Å². The number of likely N-dealkylation sites (N-methyl/N-ethyl adjacent to an activating group) is 1. The van der Waals surface area contributed by atoms with Crippen LogP contribution in [0.15, 0.2) is 18.2 Å². The summed E-state index contributed by atoms with van der Waals surface area (Å²) in [6.07, 6.45) is 3.40. The molecule has 1 aromatic carbocycles. The van der Waals surface area contributed by atoms with Gasteiger partial charge in [-0.3, -0.25) is 0 Å². The molecule has 0 aliphatic carbocycles. The molecular weight excluding hydrogens is 208 g/mol. The number of benzene rings is 1. The lowest BCUT2D eigenvalue weighted by molar-refractivity contribution is 0.339. The number of anilines is 1. The molecule has 0 amide bonds. The highest BCUT2D eigenvalue weighted by molar-refractivity contribution is 5.58. The van der Waals surface area contributed by atoms with Crippen molar-refractivity contribution in [1.29, 1.82) is 0 Å². The quantitative estimate of drug-likeness (QED) is 0.864. The lowest BCUT2D eigenvalue weighted by Gasteiger charge is -2.24. The molecule has 0 unspecified atom stereocenters. The molecule has 2 nitrogen and oxygen atoms in total. The summed E-state index contributed by atoms with van der Waals surface area (Å²) in [5.74, 6) is 0. The molecule has 0 saturated carbocycles. The van der Waals surface area contributed by atoms with Crippen LogP contribution in [0.25, 0.3) is 0 Å². The van der Waals surface area contributed by atoms with Crippen molar-refractivity contribution >= 4 is 5.69 Å². The highest BCUT2D eigenvalue weighted by atomic mass is 15.1. The van der Waals surface area contributed by atoms with Crippen molar-refractivity contribution in [2.45, 2.75) is 33.1 Å². The Morgan fingerprint density at radius 2 is 2.12 bits per heavy atom. The fraction of sp³-hybridized carbons (Fsp3) is 0.600. The van der Waals surface area contributed by atoms with Crippen LogP contribution < -0.4 is 10.6 Å². The van der Waals surface area contributed by atoms with E-state index in [0.29, 0.717) is 5.41 Å².